The van der Waals surface area contributed by atoms with Crippen molar-refractivity contribution < 1.29 is 19.4 Å². The third-order valence-corrected chi connectivity index (χ3v) is 2.81. The fourth-order valence-corrected chi connectivity index (χ4v) is 1.64. The summed E-state index contributed by atoms with van der Waals surface area (Å²) in [6.07, 6.45) is 4.84. The van der Waals surface area contributed by atoms with E-state index in [-0.39, 0.29) is 16.7 Å². The molecule has 0 saturated heterocycles. The van der Waals surface area contributed by atoms with Crippen LogP contribution in [0.4, 0.5) is 0 Å². The Bertz CT molecular complexity index is 375. The van der Waals surface area contributed by atoms with Gasteiger partial charge in [0, 0.05) is 5.57 Å². The van der Waals surface area contributed by atoms with Crippen LogP contribution in [0.5, 0.6) is 0 Å². The van der Waals surface area contributed by atoms with Crippen LogP contribution in [-0.2, 0) is 14.3 Å². The Balaban J connectivity index is 2.57. The molecule has 4 nitrogen and oxygen atoms in total. The number of hydrogen-bond donors (Lipinski definition) is 1. The first-order valence-electron chi connectivity index (χ1n) is 5.74. The van der Waals surface area contributed by atoms with Gasteiger partial charge in [0.05, 0.1) is 5.57 Å². The largest absolute Gasteiger partial charge is 0.478 e. The molecule has 0 unspecified atom stereocenters. The van der Waals surface area contributed by atoms with Crippen molar-refractivity contribution in [2.45, 2.75) is 45.1 Å². The van der Waals surface area contributed by atoms with E-state index in [0.29, 0.717) is 0 Å². The topological polar surface area (TPSA) is 63.6 Å². The summed E-state index contributed by atoms with van der Waals surface area (Å²) >= 11 is 0. The molecule has 0 aromatic heterocycles. The van der Waals surface area contributed by atoms with E-state index in [2.05, 4.69) is 6.58 Å². The zero-order chi connectivity index (χ0) is 13.1. The lowest BCUT2D eigenvalue weighted by Crippen LogP contribution is -2.20. The maximum absolute atomic E-state index is 11.7. The highest BCUT2D eigenvalue weighted by atomic mass is 16.6. The molecule has 0 aromatic rings. The molecule has 17 heavy (non-hydrogen) atoms. The van der Waals surface area contributed by atoms with Crippen molar-refractivity contribution in [3.8, 4) is 0 Å². The monoisotopic (exact) mass is 238 g/mol. The highest BCUT2D eigenvalue weighted by Crippen LogP contribution is 2.44. The minimum absolute atomic E-state index is 0.0762. The Morgan fingerprint density at radius 1 is 1.47 bits per heavy atom. The molecular formula is C13H18O4. The van der Waals surface area contributed by atoms with Crippen LogP contribution >= 0.6 is 0 Å². The van der Waals surface area contributed by atoms with Crippen molar-refractivity contribution in [1.29, 1.82) is 0 Å². The second-order valence-electron chi connectivity index (χ2n) is 4.48. The van der Waals surface area contributed by atoms with Gasteiger partial charge in [-0.3, -0.25) is 0 Å². The van der Waals surface area contributed by atoms with Crippen LogP contribution in [-0.4, -0.2) is 22.6 Å². The molecule has 0 atom stereocenters. The average molecular weight is 238 g/mol. The van der Waals surface area contributed by atoms with Gasteiger partial charge in [-0.15, -0.1) is 0 Å². The molecule has 0 aromatic carbocycles. The molecule has 1 rings (SSSR count). The van der Waals surface area contributed by atoms with Gasteiger partial charge in [-0.2, -0.15) is 0 Å². The van der Waals surface area contributed by atoms with Gasteiger partial charge in [-0.1, -0.05) is 19.9 Å². The van der Waals surface area contributed by atoms with Crippen molar-refractivity contribution in [2.75, 3.05) is 0 Å². The molecule has 1 aliphatic carbocycles. The number of carbonyl (C=O) groups excluding carboxylic acids is 1. The molecule has 1 fully saturated rings. The van der Waals surface area contributed by atoms with Crippen LogP contribution in [0.2, 0.25) is 0 Å². The third-order valence-electron chi connectivity index (χ3n) is 2.81. The Hall–Kier alpha value is -1.58. The molecule has 1 saturated carbocycles. The summed E-state index contributed by atoms with van der Waals surface area (Å²) in [5.41, 5.74) is -0.140. The van der Waals surface area contributed by atoms with Crippen molar-refractivity contribution in [2.24, 2.45) is 0 Å². The number of carbonyl (C=O) groups is 2. The van der Waals surface area contributed by atoms with Crippen LogP contribution in [0.3, 0.4) is 0 Å². The number of ether oxygens (including phenoxy) is 1. The first-order valence-corrected chi connectivity index (χ1v) is 5.74. The maximum Gasteiger partial charge on any atom is 0.338 e. The molecule has 4 heteroatoms. The number of esters is 1. The van der Waals surface area contributed by atoms with Crippen LogP contribution in [0.15, 0.2) is 23.8 Å². The molecule has 94 valence electrons. The lowest BCUT2D eigenvalue weighted by Gasteiger charge is -2.15. The number of hydrogen-bond acceptors (Lipinski definition) is 3. The summed E-state index contributed by atoms with van der Waals surface area (Å²) in [5.74, 6) is -1.58. The Morgan fingerprint density at radius 2 is 2.06 bits per heavy atom. The summed E-state index contributed by atoms with van der Waals surface area (Å²) < 4.78 is 5.36. The zero-order valence-corrected chi connectivity index (χ0v) is 10.3. The van der Waals surface area contributed by atoms with Gasteiger partial charge in [0.2, 0.25) is 0 Å². The number of carboxylic acid groups (broad SMARTS) is 1. The quantitative estimate of drug-likeness (QED) is 0.438. The van der Waals surface area contributed by atoms with Crippen LogP contribution < -0.4 is 0 Å². The number of aliphatic carboxylic acids is 1. The number of rotatable bonds is 6. The number of carboxylic acids is 1. The Kier molecular flexibility index (Phi) is 4.10. The predicted octanol–water partition coefficient (Wildman–Crippen LogP) is 2.45. The van der Waals surface area contributed by atoms with Gasteiger partial charge in [-0.25, -0.2) is 9.59 Å². The second-order valence-corrected chi connectivity index (χ2v) is 4.48. The summed E-state index contributed by atoms with van der Waals surface area (Å²) in [7, 11) is 0. The van der Waals surface area contributed by atoms with E-state index in [0.717, 1.165) is 25.7 Å². The maximum atomic E-state index is 11.7. The summed E-state index contributed by atoms with van der Waals surface area (Å²) in [4.78, 5) is 22.3. The molecular weight excluding hydrogens is 220 g/mol. The van der Waals surface area contributed by atoms with Crippen LogP contribution in [0.25, 0.3) is 0 Å². The molecule has 0 heterocycles. The predicted molar refractivity (Wildman–Crippen MR) is 63.5 cm³/mol. The fourth-order valence-electron chi connectivity index (χ4n) is 1.64. The SMILES string of the molecule is C=C(C=C(C)C(=O)O)C(=O)OC1(CCC)CC1. The highest BCUT2D eigenvalue weighted by Gasteiger charge is 2.45. The molecule has 0 spiro atoms. The van der Waals surface area contributed by atoms with Gasteiger partial charge in [0.25, 0.3) is 0 Å². The molecule has 0 amide bonds. The van der Waals surface area contributed by atoms with Crippen molar-refractivity contribution >= 4 is 11.9 Å². The summed E-state index contributed by atoms with van der Waals surface area (Å²) in [5, 5.41) is 8.68. The molecule has 0 aliphatic heterocycles. The standard InChI is InChI=1S/C13H18O4/c1-4-5-13(6-7-13)17-12(16)10(3)8-9(2)11(14)15/h8H,3-7H2,1-2H3,(H,14,15). The lowest BCUT2D eigenvalue weighted by atomic mass is 10.1. The highest BCUT2D eigenvalue weighted by molar-refractivity contribution is 5.95. The minimum Gasteiger partial charge on any atom is -0.478 e. The van der Waals surface area contributed by atoms with E-state index in [1.807, 2.05) is 6.92 Å². The minimum atomic E-state index is -1.06. The van der Waals surface area contributed by atoms with E-state index < -0.39 is 11.9 Å². The average Bonchev–Trinajstić information content (AvgIpc) is 2.98. The molecule has 1 aliphatic rings. The van der Waals surface area contributed by atoms with Crippen LogP contribution in [0.1, 0.15) is 39.5 Å². The van der Waals surface area contributed by atoms with E-state index in [1.165, 1.54) is 13.0 Å². The molecule has 0 bridgehead atoms. The van der Waals surface area contributed by atoms with Gasteiger partial charge in [-0.05, 0) is 32.3 Å². The normalized spacial score (nSPS) is 17.4. The van der Waals surface area contributed by atoms with E-state index in [1.54, 1.807) is 0 Å². The van der Waals surface area contributed by atoms with Crippen molar-refractivity contribution in [3.63, 3.8) is 0 Å². The first-order chi connectivity index (χ1) is 7.90. The Morgan fingerprint density at radius 3 is 2.47 bits per heavy atom. The fraction of sp³-hybridized carbons (Fsp3) is 0.538. The van der Waals surface area contributed by atoms with Crippen molar-refractivity contribution in [3.05, 3.63) is 23.8 Å². The molecule has 1 N–H and O–H groups in total. The summed E-state index contributed by atoms with van der Waals surface area (Å²) in [6, 6.07) is 0. The smallest absolute Gasteiger partial charge is 0.338 e. The van der Waals surface area contributed by atoms with Gasteiger partial charge < -0.3 is 9.84 Å². The molecule has 0 radical (unpaired) electrons. The van der Waals surface area contributed by atoms with Gasteiger partial charge in [0.15, 0.2) is 0 Å². The first kappa shape index (κ1) is 13.5. The summed E-state index contributed by atoms with van der Waals surface area (Å²) in [6.45, 7) is 6.99. The van der Waals surface area contributed by atoms with Gasteiger partial charge >= 0.3 is 11.9 Å². The Labute approximate surface area is 101 Å². The van der Waals surface area contributed by atoms with Gasteiger partial charge in [0.1, 0.15) is 5.60 Å². The van der Waals surface area contributed by atoms with E-state index >= 15 is 0 Å². The van der Waals surface area contributed by atoms with Crippen molar-refractivity contribution in [1.82, 2.24) is 0 Å². The lowest BCUT2D eigenvalue weighted by molar-refractivity contribution is -0.146. The van der Waals surface area contributed by atoms with E-state index in [9.17, 15) is 9.59 Å². The van der Waals surface area contributed by atoms with E-state index in [4.69, 9.17) is 9.84 Å². The second kappa shape index (κ2) is 5.17. The third kappa shape index (κ3) is 3.73. The van der Waals surface area contributed by atoms with Crippen LogP contribution in [0, 0.1) is 0 Å². The zero-order valence-electron chi connectivity index (χ0n) is 10.3.